The molecule has 0 saturated heterocycles. The van der Waals surface area contributed by atoms with Crippen molar-refractivity contribution in [3.8, 4) is 0 Å². The average molecular weight is 236 g/mol. The monoisotopic (exact) mass is 236 g/mol. The number of hydrogen-bond donors (Lipinski definition) is 0. The van der Waals surface area contributed by atoms with Crippen LogP contribution in [-0.4, -0.2) is 0 Å². The first-order chi connectivity index (χ1) is 8.74. The minimum Gasteiger partial charge on any atom is -0.0905 e. The lowest BCUT2D eigenvalue weighted by Gasteiger charge is -2.13. The lowest BCUT2D eigenvalue weighted by Crippen LogP contribution is -1.95. The van der Waals surface area contributed by atoms with Crippen molar-refractivity contribution in [2.45, 2.75) is 26.7 Å². The molecule has 0 fully saturated rings. The number of benzene rings is 2. The van der Waals surface area contributed by atoms with Crippen LogP contribution in [0.2, 0.25) is 0 Å². The fourth-order valence-electron chi connectivity index (χ4n) is 2.36. The lowest BCUT2D eigenvalue weighted by molar-refractivity contribution is 0.918. The zero-order valence-electron chi connectivity index (χ0n) is 11.2. The fraction of sp³-hybridized carbons (Fsp3) is 0.222. The van der Waals surface area contributed by atoms with Crippen LogP contribution in [0.1, 0.15) is 35.6 Å². The maximum absolute atomic E-state index is 4.30. The van der Waals surface area contributed by atoms with Crippen LogP contribution in [-0.2, 0) is 6.42 Å². The molecule has 0 radical (unpaired) electrons. The first-order valence-corrected chi connectivity index (χ1v) is 6.57. The SMILES string of the molecule is C=C(c1ccccc1C)c1ccccc1CCC. The molecule has 0 nitrogen and oxygen atoms in total. The van der Waals surface area contributed by atoms with E-state index >= 15 is 0 Å². The van der Waals surface area contributed by atoms with E-state index in [9.17, 15) is 0 Å². The van der Waals surface area contributed by atoms with Crippen LogP contribution in [0.25, 0.3) is 5.57 Å². The zero-order valence-corrected chi connectivity index (χ0v) is 11.2. The first-order valence-electron chi connectivity index (χ1n) is 6.57. The van der Waals surface area contributed by atoms with Crippen LogP contribution in [0.15, 0.2) is 55.1 Å². The molecular weight excluding hydrogens is 216 g/mol. The molecule has 0 unspecified atom stereocenters. The first kappa shape index (κ1) is 12.6. The summed E-state index contributed by atoms with van der Waals surface area (Å²) in [6.07, 6.45) is 2.28. The summed E-state index contributed by atoms with van der Waals surface area (Å²) < 4.78 is 0. The second-order valence-corrected chi connectivity index (χ2v) is 4.70. The minimum atomic E-state index is 1.11. The van der Waals surface area contributed by atoms with Gasteiger partial charge in [-0.2, -0.15) is 0 Å². The van der Waals surface area contributed by atoms with Crippen LogP contribution < -0.4 is 0 Å². The molecule has 0 spiro atoms. The zero-order chi connectivity index (χ0) is 13.0. The molecule has 2 rings (SSSR count). The maximum atomic E-state index is 4.30. The van der Waals surface area contributed by atoms with Crippen molar-refractivity contribution in [3.63, 3.8) is 0 Å². The highest BCUT2D eigenvalue weighted by Crippen LogP contribution is 2.27. The molecule has 0 heteroatoms. The molecule has 0 bridgehead atoms. The molecule has 2 aromatic rings. The van der Waals surface area contributed by atoms with E-state index in [1.54, 1.807) is 0 Å². The summed E-state index contributed by atoms with van der Waals surface area (Å²) >= 11 is 0. The third kappa shape index (κ3) is 2.53. The quantitative estimate of drug-likeness (QED) is 0.700. The summed E-state index contributed by atoms with van der Waals surface area (Å²) in [4.78, 5) is 0. The molecule has 2 aromatic carbocycles. The third-order valence-electron chi connectivity index (χ3n) is 3.33. The predicted octanol–water partition coefficient (Wildman–Crippen LogP) is 5.01. The van der Waals surface area contributed by atoms with Gasteiger partial charge in [-0.15, -0.1) is 0 Å². The molecule has 0 amide bonds. The van der Waals surface area contributed by atoms with Gasteiger partial charge in [-0.3, -0.25) is 0 Å². The van der Waals surface area contributed by atoms with Gasteiger partial charge in [0.2, 0.25) is 0 Å². The molecule has 0 aromatic heterocycles. The van der Waals surface area contributed by atoms with E-state index in [1.807, 2.05) is 0 Å². The Morgan fingerprint density at radius 3 is 2.22 bits per heavy atom. The van der Waals surface area contributed by atoms with Crippen LogP contribution in [0.5, 0.6) is 0 Å². The lowest BCUT2D eigenvalue weighted by atomic mass is 9.91. The summed E-state index contributed by atoms with van der Waals surface area (Å²) in [5, 5.41) is 0. The van der Waals surface area contributed by atoms with Crippen LogP contribution in [0, 0.1) is 6.92 Å². The maximum Gasteiger partial charge on any atom is -0.0152 e. The van der Waals surface area contributed by atoms with E-state index < -0.39 is 0 Å². The summed E-state index contributed by atoms with van der Waals surface area (Å²) in [5.74, 6) is 0. The number of rotatable bonds is 4. The summed E-state index contributed by atoms with van der Waals surface area (Å²) in [6, 6.07) is 17.0. The van der Waals surface area contributed by atoms with Crippen molar-refractivity contribution >= 4 is 5.57 Å². The van der Waals surface area contributed by atoms with Gasteiger partial charge in [0.15, 0.2) is 0 Å². The molecule has 0 saturated carbocycles. The Labute approximate surface area is 110 Å². The standard InChI is InChI=1S/C18H20/c1-4-9-16-11-6-8-13-18(16)15(3)17-12-7-5-10-14(17)2/h5-8,10-13H,3-4,9H2,1-2H3. The minimum absolute atomic E-state index is 1.11. The Bertz CT molecular complexity index is 549. The van der Waals surface area contributed by atoms with Crippen LogP contribution in [0.3, 0.4) is 0 Å². The molecule has 92 valence electrons. The van der Waals surface area contributed by atoms with Crippen molar-refractivity contribution < 1.29 is 0 Å². The van der Waals surface area contributed by atoms with Gasteiger partial charge in [0, 0.05) is 0 Å². The van der Waals surface area contributed by atoms with Crippen molar-refractivity contribution in [2.75, 3.05) is 0 Å². The van der Waals surface area contributed by atoms with Gasteiger partial charge >= 0.3 is 0 Å². The molecule has 0 aliphatic carbocycles. The second-order valence-electron chi connectivity index (χ2n) is 4.70. The highest BCUT2D eigenvalue weighted by atomic mass is 14.1. The van der Waals surface area contributed by atoms with Gasteiger partial charge in [0.1, 0.15) is 0 Å². The van der Waals surface area contributed by atoms with E-state index in [-0.39, 0.29) is 0 Å². The van der Waals surface area contributed by atoms with Gasteiger partial charge in [-0.25, -0.2) is 0 Å². The van der Waals surface area contributed by atoms with E-state index in [2.05, 4.69) is 69.0 Å². The third-order valence-corrected chi connectivity index (χ3v) is 3.33. The molecule has 18 heavy (non-hydrogen) atoms. The number of aryl methyl sites for hydroxylation is 2. The Morgan fingerprint density at radius 2 is 1.56 bits per heavy atom. The van der Waals surface area contributed by atoms with Gasteiger partial charge in [0.05, 0.1) is 0 Å². The molecule has 0 aliphatic rings. The predicted molar refractivity (Wildman–Crippen MR) is 79.8 cm³/mol. The van der Waals surface area contributed by atoms with Gasteiger partial charge in [0.25, 0.3) is 0 Å². The molecular formula is C18H20. The average Bonchev–Trinajstić information content (AvgIpc) is 2.40. The van der Waals surface area contributed by atoms with Gasteiger partial charge < -0.3 is 0 Å². The topological polar surface area (TPSA) is 0 Å². The van der Waals surface area contributed by atoms with E-state index in [4.69, 9.17) is 0 Å². The van der Waals surface area contributed by atoms with E-state index in [1.165, 1.54) is 22.3 Å². The largest absolute Gasteiger partial charge is 0.0905 e. The molecule has 0 aliphatic heterocycles. The van der Waals surface area contributed by atoms with E-state index in [0.717, 1.165) is 18.4 Å². The molecule has 0 N–H and O–H groups in total. The summed E-state index contributed by atoms with van der Waals surface area (Å²) in [7, 11) is 0. The molecule has 0 heterocycles. The Morgan fingerprint density at radius 1 is 0.944 bits per heavy atom. The highest BCUT2D eigenvalue weighted by molar-refractivity contribution is 5.81. The molecule has 0 atom stereocenters. The van der Waals surface area contributed by atoms with Crippen molar-refractivity contribution in [3.05, 3.63) is 77.4 Å². The van der Waals surface area contributed by atoms with Crippen LogP contribution in [0.4, 0.5) is 0 Å². The summed E-state index contributed by atoms with van der Waals surface area (Å²) in [5.41, 5.74) is 6.36. The van der Waals surface area contributed by atoms with E-state index in [0.29, 0.717) is 0 Å². The number of hydrogen-bond acceptors (Lipinski definition) is 0. The highest BCUT2D eigenvalue weighted by Gasteiger charge is 2.08. The van der Waals surface area contributed by atoms with Gasteiger partial charge in [-0.05, 0) is 41.2 Å². The van der Waals surface area contributed by atoms with Gasteiger partial charge in [-0.1, -0.05) is 68.5 Å². The Hall–Kier alpha value is -1.82. The fourth-order valence-corrected chi connectivity index (χ4v) is 2.36. The smallest absolute Gasteiger partial charge is 0.0152 e. The van der Waals surface area contributed by atoms with Crippen molar-refractivity contribution in [1.29, 1.82) is 0 Å². The summed E-state index contributed by atoms with van der Waals surface area (Å²) in [6.45, 7) is 8.66. The van der Waals surface area contributed by atoms with Crippen molar-refractivity contribution in [2.24, 2.45) is 0 Å². The Kier molecular flexibility index (Phi) is 3.99. The normalized spacial score (nSPS) is 10.3. The van der Waals surface area contributed by atoms with Crippen LogP contribution >= 0.6 is 0 Å². The second kappa shape index (κ2) is 5.68. The van der Waals surface area contributed by atoms with Crippen molar-refractivity contribution in [1.82, 2.24) is 0 Å². The Balaban J connectivity index is 2.43.